The first-order chi connectivity index (χ1) is 7.11. The Kier molecular flexibility index (Phi) is 2.26. The number of esters is 1. The highest BCUT2D eigenvalue weighted by atomic mass is 16.5. The number of benzene rings is 1. The molecule has 0 radical (unpaired) electrons. The maximum atomic E-state index is 11.5. The van der Waals surface area contributed by atoms with Crippen molar-refractivity contribution in [2.75, 3.05) is 7.11 Å². The van der Waals surface area contributed by atoms with Crippen LogP contribution in [0.5, 0.6) is 11.5 Å². The van der Waals surface area contributed by atoms with Crippen molar-refractivity contribution in [2.45, 2.75) is 19.4 Å². The van der Waals surface area contributed by atoms with Gasteiger partial charge in [0.15, 0.2) is 0 Å². The van der Waals surface area contributed by atoms with E-state index in [0.29, 0.717) is 12.2 Å². The third-order valence-electron chi connectivity index (χ3n) is 2.43. The molecule has 1 aliphatic heterocycles. The lowest BCUT2D eigenvalue weighted by Gasteiger charge is -2.22. The second kappa shape index (κ2) is 3.46. The monoisotopic (exact) mass is 208 g/mol. The molecule has 0 saturated heterocycles. The highest BCUT2D eigenvalue weighted by Crippen LogP contribution is 2.32. The summed E-state index contributed by atoms with van der Waals surface area (Å²) >= 11 is 0. The van der Waals surface area contributed by atoms with Gasteiger partial charge in [-0.3, -0.25) is 0 Å². The molecule has 1 aromatic rings. The Morgan fingerprint density at radius 2 is 2.27 bits per heavy atom. The number of rotatable bonds is 1. The van der Waals surface area contributed by atoms with Crippen molar-refractivity contribution in [2.24, 2.45) is 0 Å². The molecule has 1 atom stereocenters. The molecule has 80 valence electrons. The number of carbonyl (C=O) groups is 1. The maximum absolute atomic E-state index is 11.5. The van der Waals surface area contributed by atoms with Crippen LogP contribution >= 0.6 is 0 Å². The Hall–Kier alpha value is -1.71. The van der Waals surface area contributed by atoms with Gasteiger partial charge in [0, 0.05) is 12.5 Å². The van der Waals surface area contributed by atoms with Crippen LogP contribution in [0.25, 0.3) is 0 Å². The summed E-state index contributed by atoms with van der Waals surface area (Å²) in [7, 11) is 1.52. The fourth-order valence-corrected chi connectivity index (χ4v) is 1.76. The number of phenols is 1. The predicted molar refractivity (Wildman–Crippen MR) is 53.2 cm³/mol. The van der Waals surface area contributed by atoms with Gasteiger partial charge in [0.05, 0.1) is 7.11 Å². The van der Waals surface area contributed by atoms with Crippen molar-refractivity contribution < 1.29 is 19.4 Å². The molecule has 0 bridgehead atoms. The Bertz CT molecular complexity index is 411. The van der Waals surface area contributed by atoms with E-state index in [4.69, 9.17) is 9.47 Å². The zero-order valence-electron chi connectivity index (χ0n) is 8.61. The fourth-order valence-electron chi connectivity index (χ4n) is 1.76. The minimum absolute atomic E-state index is 0.0822. The number of hydrogen-bond donors (Lipinski definition) is 1. The summed E-state index contributed by atoms with van der Waals surface area (Å²) in [6, 6.07) is 3.17. The summed E-state index contributed by atoms with van der Waals surface area (Å²) in [5.74, 6) is -0.00157. The van der Waals surface area contributed by atoms with Crippen LogP contribution in [0.2, 0.25) is 0 Å². The molecular formula is C11H12O4. The largest absolute Gasteiger partial charge is 0.507 e. The molecule has 1 aromatic carbocycles. The molecule has 0 fully saturated rings. The number of aromatic hydroxyl groups is 1. The number of ether oxygens (including phenoxy) is 2. The van der Waals surface area contributed by atoms with Gasteiger partial charge in [-0.15, -0.1) is 0 Å². The Labute approximate surface area is 87.4 Å². The first kappa shape index (κ1) is 9.83. The Balaban J connectivity index is 2.54. The van der Waals surface area contributed by atoms with Crippen LogP contribution in [0.4, 0.5) is 0 Å². The van der Waals surface area contributed by atoms with Crippen LogP contribution in [0.1, 0.15) is 22.8 Å². The van der Waals surface area contributed by atoms with E-state index < -0.39 is 5.97 Å². The normalized spacial score (nSPS) is 19.3. The molecule has 4 heteroatoms. The molecule has 0 amide bonds. The van der Waals surface area contributed by atoms with Crippen molar-refractivity contribution in [3.8, 4) is 11.5 Å². The highest BCUT2D eigenvalue weighted by Gasteiger charge is 2.27. The van der Waals surface area contributed by atoms with E-state index in [2.05, 4.69) is 0 Å². The summed E-state index contributed by atoms with van der Waals surface area (Å²) in [5, 5.41) is 9.64. The lowest BCUT2D eigenvalue weighted by molar-refractivity contribution is 0.0297. The third-order valence-corrected chi connectivity index (χ3v) is 2.43. The van der Waals surface area contributed by atoms with Crippen molar-refractivity contribution in [3.05, 3.63) is 23.3 Å². The number of methoxy groups -OCH3 is 1. The van der Waals surface area contributed by atoms with Crippen molar-refractivity contribution in [1.29, 1.82) is 0 Å². The van der Waals surface area contributed by atoms with E-state index in [1.807, 2.05) is 6.92 Å². The van der Waals surface area contributed by atoms with E-state index in [1.54, 1.807) is 6.07 Å². The minimum Gasteiger partial charge on any atom is -0.507 e. The molecule has 1 unspecified atom stereocenters. The molecule has 0 spiro atoms. The maximum Gasteiger partial charge on any atom is 0.342 e. The van der Waals surface area contributed by atoms with Crippen molar-refractivity contribution in [3.63, 3.8) is 0 Å². The molecule has 15 heavy (non-hydrogen) atoms. The lowest BCUT2D eigenvalue weighted by atomic mass is 9.98. The first-order valence-corrected chi connectivity index (χ1v) is 4.72. The molecule has 0 saturated carbocycles. The van der Waals surface area contributed by atoms with Gasteiger partial charge in [-0.05, 0) is 18.6 Å². The van der Waals surface area contributed by atoms with Crippen LogP contribution in [0.15, 0.2) is 12.1 Å². The smallest absolute Gasteiger partial charge is 0.342 e. The molecule has 1 heterocycles. The Morgan fingerprint density at radius 3 is 2.93 bits per heavy atom. The summed E-state index contributed by atoms with van der Waals surface area (Å²) in [5.41, 5.74) is 1.03. The zero-order valence-corrected chi connectivity index (χ0v) is 8.61. The average molecular weight is 208 g/mol. The molecule has 0 aliphatic carbocycles. The minimum atomic E-state index is -0.469. The van der Waals surface area contributed by atoms with Gasteiger partial charge in [-0.1, -0.05) is 0 Å². The number of phenolic OH excluding ortho intramolecular Hbond substituents is 1. The van der Waals surface area contributed by atoms with Crippen LogP contribution in [-0.4, -0.2) is 24.3 Å². The Morgan fingerprint density at radius 1 is 1.53 bits per heavy atom. The van der Waals surface area contributed by atoms with E-state index in [9.17, 15) is 9.90 Å². The number of cyclic esters (lactones) is 1. The van der Waals surface area contributed by atoms with Gasteiger partial charge in [0.1, 0.15) is 23.2 Å². The summed E-state index contributed by atoms with van der Waals surface area (Å²) in [6.45, 7) is 1.82. The van der Waals surface area contributed by atoms with Gasteiger partial charge in [-0.25, -0.2) is 4.79 Å². The second-order valence-electron chi connectivity index (χ2n) is 3.60. The van der Waals surface area contributed by atoms with Gasteiger partial charge in [-0.2, -0.15) is 0 Å². The van der Waals surface area contributed by atoms with Crippen LogP contribution in [0.3, 0.4) is 0 Å². The fraction of sp³-hybridized carbons (Fsp3) is 0.364. The van der Waals surface area contributed by atoms with Crippen molar-refractivity contribution in [1.82, 2.24) is 0 Å². The van der Waals surface area contributed by atoms with E-state index in [0.717, 1.165) is 5.56 Å². The molecule has 0 aromatic heterocycles. The number of hydrogen-bond acceptors (Lipinski definition) is 4. The molecule has 4 nitrogen and oxygen atoms in total. The van der Waals surface area contributed by atoms with E-state index in [-0.39, 0.29) is 17.4 Å². The molecule has 2 rings (SSSR count). The average Bonchev–Trinajstić information content (AvgIpc) is 2.15. The van der Waals surface area contributed by atoms with Gasteiger partial charge in [0.25, 0.3) is 0 Å². The topological polar surface area (TPSA) is 55.8 Å². The lowest BCUT2D eigenvalue weighted by Crippen LogP contribution is -2.25. The van der Waals surface area contributed by atoms with Gasteiger partial charge in [0.2, 0.25) is 0 Å². The second-order valence-corrected chi connectivity index (χ2v) is 3.60. The SMILES string of the molecule is COc1cc(O)c2c(c1)CC(C)OC2=O. The van der Waals surface area contributed by atoms with Crippen LogP contribution < -0.4 is 4.74 Å². The van der Waals surface area contributed by atoms with Crippen LogP contribution in [-0.2, 0) is 11.2 Å². The van der Waals surface area contributed by atoms with E-state index in [1.165, 1.54) is 13.2 Å². The molecule has 1 N–H and O–H groups in total. The zero-order chi connectivity index (χ0) is 11.0. The number of carbonyl (C=O) groups excluding carboxylic acids is 1. The molecular weight excluding hydrogens is 196 g/mol. The quantitative estimate of drug-likeness (QED) is 0.710. The first-order valence-electron chi connectivity index (χ1n) is 4.72. The summed E-state index contributed by atoms with van der Waals surface area (Å²) < 4.78 is 10.0. The van der Waals surface area contributed by atoms with Gasteiger partial charge >= 0.3 is 5.97 Å². The van der Waals surface area contributed by atoms with E-state index >= 15 is 0 Å². The predicted octanol–water partition coefficient (Wildman–Crippen LogP) is 1.50. The summed E-state index contributed by atoms with van der Waals surface area (Å²) in [4.78, 5) is 11.5. The van der Waals surface area contributed by atoms with Crippen molar-refractivity contribution >= 4 is 5.97 Å². The highest BCUT2D eigenvalue weighted by molar-refractivity contribution is 5.95. The number of fused-ring (bicyclic) bond motifs is 1. The summed E-state index contributed by atoms with van der Waals surface area (Å²) in [6.07, 6.45) is 0.447. The van der Waals surface area contributed by atoms with Crippen LogP contribution in [0, 0.1) is 0 Å². The molecule has 1 aliphatic rings. The standard InChI is InChI=1S/C11H12O4/c1-6-3-7-4-8(14-2)5-9(12)10(7)11(13)15-6/h4-6,12H,3H2,1-2H3. The third kappa shape index (κ3) is 1.63. The van der Waals surface area contributed by atoms with Gasteiger partial charge < -0.3 is 14.6 Å².